The van der Waals surface area contributed by atoms with Crippen LogP contribution in [0.25, 0.3) is 10.9 Å². The van der Waals surface area contributed by atoms with E-state index in [1.807, 2.05) is 0 Å². The smallest absolute Gasteiger partial charge is 0.409 e. The van der Waals surface area contributed by atoms with Gasteiger partial charge in [0.2, 0.25) is 0 Å². The number of nitrogens with one attached hydrogen (secondary N) is 1. The Morgan fingerprint density at radius 1 is 1.19 bits per heavy atom. The number of ether oxygens (including phenoxy) is 3. The predicted molar refractivity (Wildman–Crippen MR) is 118 cm³/mol. The van der Waals surface area contributed by atoms with Crippen LogP contribution < -0.4 is 14.8 Å². The van der Waals surface area contributed by atoms with Gasteiger partial charge in [0.25, 0.3) is 0 Å². The fourth-order valence-corrected chi connectivity index (χ4v) is 3.78. The van der Waals surface area contributed by atoms with E-state index in [2.05, 4.69) is 15.3 Å². The van der Waals surface area contributed by atoms with Gasteiger partial charge in [0.05, 0.1) is 30.4 Å². The van der Waals surface area contributed by atoms with Crippen molar-refractivity contribution in [1.29, 1.82) is 0 Å². The van der Waals surface area contributed by atoms with Crippen LogP contribution in [-0.2, 0) is 4.74 Å². The Morgan fingerprint density at radius 3 is 2.69 bits per heavy atom. The Labute approximate surface area is 189 Å². The van der Waals surface area contributed by atoms with Crippen LogP contribution in [0.15, 0.2) is 36.7 Å². The summed E-state index contributed by atoms with van der Waals surface area (Å²) in [5, 5.41) is 3.63. The maximum absolute atomic E-state index is 14.4. The summed E-state index contributed by atoms with van der Waals surface area (Å²) in [5.74, 6) is 0.875. The fourth-order valence-electron chi connectivity index (χ4n) is 3.61. The molecule has 10 heteroatoms. The highest BCUT2D eigenvalue weighted by Gasteiger charge is 2.25. The number of aromatic nitrogens is 2. The molecule has 0 saturated carbocycles. The Morgan fingerprint density at radius 2 is 1.97 bits per heavy atom. The van der Waals surface area contributed by atoms with Crippen molar-refractivity contribution in [1.82, 2.24) is 14.9 Å². The SMILES string of the molecule is COC(=O)N1CCC(Oc2cc3c(Nc4cccc(Cl)c4F)ncnc3cc2OC)CC1. The molecule has 1 aliphatic heterocycles. The van der Waals surface area contributed by atoms with Gasteiger partial charge in [-0.15, -0.1) is 0 Å². The minimum Gasteiger partial charge on any atom is -0.493 e. The summed E-state index contributed by atoms with van der Waals surface area (Å²) in [5.41, 5.74) is 0.806. The summed E-state index contributed by atoms with van der Waals surface area (Å²) in [6, 6.07) is 8.21. The molecule has 168 valence electrons. The first-order valence-electron chi connectivity index (χ1n) is 10.0. The molecule has 0 radical (unpaired) electrons. The lowest BCUT2D eigenvalue weighted by Gasteiger charge is -2.31. The number of piperidine rings is 1. The number of hydrogen-bond donors (Lipinski definition) is 1. The van der Waals surface area contributed by atoms with E-state index in [9.17, 15) is 9.18 Å². The largest absolute Gasteiger partial charge is 0.493 e. The van der Waals surface area contributed by atoms with Crippen molar-refractivity contribution in [3.8, 4) is 11.5 Å². The molecule has 0 unspecified atom stereocenters. The minimum atomic E-state index is -0.566. The number of benzene rings is 2. The summed E-state index contributed by atoms with van der Waals surface area (Å²) in [6.45, 7) is 1.08. The van der Waals surface area contributed by atoms with Gasteiger partial charge in [-0.25, -0.2) is 19.2 Å². The molecule has 1 fully saturated rings. The first-order valence-corrected chi connectivity index (χ1v) is 10.4. The van der Waals surface area contributed by atoms with Gasteiger partial charge in [0.15, 0.2) is 17.3 Å². The number of likely N-dealkylation sites (tertiary alicyclic amines) is 1. The van der Waals surface area contributed by atoms with E-state index in [0.717, 1.165) is 0 Å². The van der Waals surface area contributed by atoms with E-state index in [-0.39, 0.29) is 22.9 Å². The third-order valence-corrected chi connectivity index (χ3v) is 5.59. The van der Waals surface area contributed by atoms with Gasteiger partial charge >= 0.3 is 6.09 Å². The van der Waals surface area contributed by atoms with Crippen LogP contribution in [0.4, 0.5) is 20.7 Å². The molecule has 4 rings (SSSR count). The van der Waals surface area contributed by atoms with Crippen LogP contribution in [0.2, 0.25) is 5.02 Å². The van der Waals surface area contributed by atoms with Crippen molar-refractivity contribution in [2.75, 3.05) is 32.6 Å². The van der Waals surface area contributed by atoms with Gasteiger partial charge in [-0.3, -0.25) is 0 Å². The van der Waals surface area contributed by atoms with Gasteiger partial charge in [-0.1, -0.05) is 17.7 Å². The van der Waals surface area contributed by atoms with Gasteiger partial charge in [-0.2, -0.15) is 0 Å². The van der Waals surface area contributed by atoms with Crippen LogP contribution in [-0.4, -0.2) is 54.4 Å². The monoisotopic (exact) mass is 460 g/mol. The summed E-state index contributed by atoms with van der Waals surface area (Å²) in [6.07, 6.45) is 2.25. The molecule has 2 aromatic carbocycles. The fraction of sp³-hybridized carbons (Fsp3) is 0.318. The van der Waals surface area contributed by atoms with Gasteiger partial charge in [0.1, 0.15) is 18.2 Å². The van der Waals surface area contributed by atoms with Crippen molar-refractivity contribution in [3.63, 3.8) is 0 Å². The topological polar surface area (TPSA) is 85.8 Å². The number of hydrogen-bond acceptors (Lipinski definition) is 7. The number of carbonyl (C=O) groups is 1. The first-order chi connectivity index (χ1) is 15.5. The zero-order valence-corrected chi connectivity index (χ0v) is 18.4. The predicted octanol–water partition coefficient (Wildman–Crippen LogP) is 4.78. The zero-order chi connectivity index (χ0) is 22.7. The van der Waals surface area contributed by atoms with Crippen LogP contribution in [0.5, 0.6) is 11.5 Å². The third-order valence-electron chi connectivity index (χ3n) is 5.29. The molecular weight excluding hydrogens is 439 g/mol. The number of nitrogens with zero attached hydrogens (tertiary/aromatic N) is 3. The standard InChI is InChI=1S/C22H22ClFN4O4/c1-30-18-11-17-14(10-19(18)32-13-6-8-28(9-7-13)22(29)31-2)21(26-12-25-17)27-16-5-3-4-15(23)20(16)24/h3-5,10-13H,6-9H2,1-2H3,(H,25,26,27). The number of methoxy groups -OCH3 is 2. The van der Waals surface area contributed by atoms with Gasteiger partial charge in [-0.05, 0) is 18.2 Å². The molecule has 0 atom stereocenters. The number of fused-ring (bicyclic) bond motifs is 1. The quantitative estimate of drug-likeness (QED) is 0.586. The van der Waals surface area contributed by atoms with E-state index < -0.39 is 5.82 Å². The number of halogens is 2. The molecule has 1 N–H and O–H groups in total. The maximum atomic E-state index is 14.4. The first kappa shape index (κ1) is 21.9. The molecule has 32 heavy (non-hydrogen) atoms. The third kappa shape index (κ3) is 4.47. The highest BCUT2D eigenvalue weighted by atomic mass is 35.5. The molecule has 2 heterocycles. The average molecular weight is 461 g/mol. The summed E-state index contributed by atoms with van der Waals surface area (Å²) in [7, 11) is 2.92. The molecule has 1 amide bonds. The summed E-state index contributed by atoms with van der Waals surface area (Å²) >= 11 is 5.89. The number of carbonyl (C=O) groups excluding carboxylic acids is 1. The lowest BCUT2D eigenvalue weighted by atomic mass is 10.1. The Kier molecular flexibility index (Phi) is 6.45. The molecule has 0 bridgehead atoms. The molecule has 8 nitrogen and oxygen atoms in total. The van der Waals surface area contributed by atoms with E-state index in [1.54, 1.807) is 36.3 Å². The molecule has 1 saturated heterocycles. The van der Waals surface area contributed by atoms with Crippen LogP contribution in [0, 0.1) is 5.82 Å². The van der Waals surface area contributed by atoms with Crippen molar-refractivity contribution in [2.24, 2.45) is 0 Å². The van der Waals surface area contributed by atoms with Gasteiger partial charge in [0, 0.05) is 37.4 Å². The van der Waals surface area contributed by atoms with Crippen LogP contribution in [0.3, 0.4) is 0 Å². The van der Waals surface area contributed by atoms with E-state index in [1.165, 1.54) is 19.5 Å². The summed E-state index contributed by atoms with van der Waals surface area (Å²) < 4.78 is 30.9. The highest BCUT2D eigenvalue weighted by molar-refractivity contribution is 6.31. The molecule has 0 spiro atoms. The highest BCUT2D eigenvalue weighted by Crippen LogP contribution is 2.36. The van der Waals surface area contributed by atoms with E-state index >= 15 is 0 Å². The van der Waals surface area contributed by atoms with Gasteiger partial charge < -0.3 is 24.4 Å². The number of rotatable bonds is 5. The van der Waals surface area contributed by atoms with E-state index in [0.29, 0.717) is 54.2 Å². The minimum absolute atomic E-state index is 0.0114. The molecule has 1 aromatic heterocycles. The Hall–Kier alpha value is -3.33. The zero-order valence-electron chi connectivity index (χ0n) is 17.6. The molecule has 3 aromatic rings. The maximum Gasteiger partial charge on any atom is 0.409 e. The second-order valence-electron chi connectivity index (χ2n) is 7.24. The van der Waals surface area contributed by atoms with Crippen molar-refractivity contribution >= 4 is 40.1 Å². The van der Waals surface area contributed by atoms with Crippen molar-refractivity contribution in [2.45, 2.75) is 18.9 Å². The molecule has 1 aliphatic rings. The molecular formula is C22H22ClFN4O4. The average Bonchev–Trinajstić information content (AvgIpc) is 2.82. The van der Waals surface area contributed by atoms with Crippen molar-refractivity contribution in [3.05, 3.63) is 47.5 Å². The normalized spacial score (nSPS) is 14.3. The lowest BCUT2D eigenvalue weighted by Crippen LogP contribution is -2.41. The Bertz CT molecular complexity index is 1140. The van der Waals surface area contributed by atoms with Crippen LogP contribution in [0.1, 0.15) is 12.8 Å². The Balaban J connectivity index is 1.61. The second kappa shape index (κ2) is 9.44. The number of anilines is 2. The van der Waals surface area contributed by atoms with E-state index in [4.69, 9.17) is 25.8 Å². The lowest BCUT2D eigenvalue weighted by molar-refractivity contribution is 0.0779. The molecule has 0 aliphatic carbocycles. The number of amides is 1. The summed E-state index contributed by atoms with van der Waals surface area (Å²) in [4.78, 5) is 21.9. The second-order valence-corrected chi connectivity index (χ2v) is 7.65. The van der Waals surface area contributed by atoms with Crippen LogP contribution >= 0.6 is 11.6 Å². The van der Waals surface area contributed by atoms with Crippen molar-refractivity contribution < 1.29 is 23.4 Å².